The molecular formula is C14H25N3O. The highest BCUT2D eigenvalue weighted by Gasteiger charge is 1.96. The van der Waals surface area contributed by atoms with Crippen molar-refractivity contribution in [3.63, 3.8) is 0 Å². The number of likely N-dealkylation sites (N-methyl/N-ethyl adjacent to an activating group) is 2. The fourth-order valence-electron chi connectivity index (χ4n) is 1.44. The molecule has 0 aliphatic rings. The molecule has 1 N–H and O–H groups in total. The second-order valence-electron chi connectivity index (χ2n) is 4.91. The van der Waals surface area contributed by atoms with E-state index in [1.807, 2.05) is 26.2 Å². The number of nitrogens with zero attached hydrogens (tertiary/aromatic N) is 2. The first-order chi connectivity index (χ1) is 8.58. The summed E-state index contributed by atoms with van der Waals surface area (Å²) in [5.74, 6) is 0.926. The summed E-state index contributed by atoms with van der Waals surface area (Å²) >= 11 is 0. The summed E-state index contributed by atoms with van der Waals surface area (Å²) < 4.78 is 5.64. The molecule has 0 aromatic heterocycles. The van der Waals surface area contributed by atoms with Crippen LogP contribution in [0.3, 0.4) is 0 Å². The van der Waals surface area contributed by atoms with E-state index in [1.165, 1.54) is 0 Å². The Morgan fingerprint density at radius 3 is 2.11 bits per heavy atom. The number of ether oxygens (including phenoxy) is 1. The Kier molecular flexibility index (Phi) is 6.54. The molecule has 0 aliphatic carbocycles. The molecular weight excluding hydrogens is 226 g/mol. The number of nitrogens with one attached hydrogen (secondary N) is 1. The Morgan fingerprint density at radius 1 is 0.944 bits per heavy atom. The van der Waals surface area contributed by atoms with Crippen molar-refractivity contribution in [2.24, 2.45) is 0 Å². The highest BCUT2D eigenvalue weighted by molar-refractivity contribution is 5.46. The molecule has 0 radical (unpaired) electrons. The Labute approximate surface area is 111 Å². The molecule has 0 aliphatic heterocycles. The van der Waals surface area contributed by atoms with Gasteiger partial charge in [-0.1, -0.05) is 0 Å². The van der Waals surface area contributed by atoms with E-state index in [0.29, 0.717) is 0 Å². The maximum atomic E-state index is 5.64. The average molecular weight is 251 g/mol. The van der Waals surface area contributed by atoms with Crippen molar-refractivity contribution in [1.82, 2.24) is 9.80 Å². The fourth-order valence-corrected chi connectivity index (χ4v) is 1.44. The second-order valence-corrected chi connectivity index (χ2v) is 4.91. The first-order valence-corrected chi connectivity index (χ1v) is 6.34. The minimum atomic E-state index is 0.723. The summed E-state index contributed by atoms with van der Waals surface area (Å²) in [6, 6.07) is 8.13. The smallest absolute Gasteiger partial charge is 0.119 e. The number of hydrogen-bond donors (Lipinski definition) is 1. The lowest BCUT2D eigenvalue weighted by atomic mass is 10.3. The van der Waals surface area contributed by atoms with Crippen LogP contribution in [0.25, 0.3) is 0 Å². The maximum absolute atomic E-state index is 5.64. The molecule has 0 amide bonds. The van der Waals surface area contributed by atoms with Crippen molar-refractivity contribution in [3.05, 3.63) is 24.3 Å². The maximum Gasteiger partial charge on any atom is 0.119 e. The van der Waals surface area contributed by atoms with Crippen LogP contribution in [0.5, 0.6) is 5.75 Å². The van der Waals surface area contributed by atoms with Crippen molar-refractivity contribution < 1.29 is 4.74 Å². The highest BCUT2D eigenvalue weighted by Crippen LogP contribution is 2.15. The van der Waals surface area contributed by atoms with E-state index in [1.54, 1.807) is 0 Å². The lowest BCUT2D eigenvalue weighted by Crippen LogP contribution is -2.20. The van der Waals surface area contributed by atoms with Crippen molar-refractivity contribution in [2.45, 2.75) is 0 Å². The molecule has 1 rings (SSSR count). The molecule has 18 heavy (non-hydrogen) atoms. The predicted octanol–water partition coefficient (Wildman–Crippen LogP) is 1.60. The van der Waals surface area contributed by atoms with Crippen LogP contribution in [-0.2, 0) is 0 Å². The lowest BCUT2D eigenvalue weighted by Gasteiger charge is -2.13. The van der Waals surface area contributed by atoms with Gasteiger partial charge in [0.15, 0.2) is 0 Å². The molecule has 0 saturated carbocycles. The third kappa shape index (κ3) is 6.47. The van der Waals surface area contributed by atoms with Crippen LogP contribution in [-0.4, -0.2) is 64.2 Å². The molecule has 102 valence electrons. The summed E-state index contributed by atoms with van der Waals surface area (Å²) in [6.07, 6.45) is 0. The third-order valence-corrected chi connectivity index (χ3v) is 2.55. The zero-order chi connectivity index (χ0) is 13.4. The van der Waals surface area contributed by atoms with E-state index in [-0.39, 0.29) is 0 Å². The van der Waals surface area contributed by atoms with Gasteiger partial charge in [-0.25, -0.2) is 0 Å². The first kappa shape index (κ1) is 14.8. The van der Waals surface area contributed by atoms with Crippen molar-refractivity contribution in [1.29, 1.82) is 0 Å². The Balaban J connectivity index is 2.28. The van der Waals surface area contributed by atoms with E-state index < -0.39 is 0 Å². The molecule has 0 saturated heterocycles. The molecule has 4 nitrogen and oxygen atoms in total. The minimum Gasteiger partial charge on any atom is -0.492 e. The van der Waals surface area contributed by atoms with Gasteiger partial charge in [-0.15, -0.1) is 0 Å². The summed E-state index contributed by atoms with van der Waals surface area (Å²) in [4.78, 5) is 4.27. The number of anilines is 1. The van der Waals surface area contributed by atoms with Gasteiger partial charge in [-0.05, 0) is 52.5 Å². The van der Waals surface area contributed by atoms with Gasteiger partial charge < -0.3 is 19.9 Å². The van der Waals surface area contributed by atoms with Crippen LogP contribution in [0.4, 0.5) is 5.69 Å². The molecule has 0 atom stereocenters. The first-order valence-electron chi connectivity index (χ1n) is 6.34. The van der Waals surface area contributed by atoms with Gasteiger partial charge in [0, 0.05) is 25.3 Å². The van der Waals surface area contributed by atoms with Gasteiger partial charge in [0.05, 0.1) is 0 Å². The third-order valence-electron chi connectivity index (χ3n) is 2.55. The second kappa shape index (κ2) is 7.95. The fraction of sp³-hybridized carbons (Fsp3) is 0.571. The quantitative estimate of drug-likeness (QED) is 0.759. The topological polar surface area (TPSA) is 27.7 Å². The minimum absolute atomic E-state index is 0.723. The van der Waals surface area contributed by atoms with Crippen LogP contribution < -0.4 is 10.1 Å². The molecule has 0 fully saturated rings. The Morgan fingerprint density at radius 2 is 1.56 bits per heavy atom. The van der Waals surface area contributed by atoms with Crippen LogP contribution >= 0.6 is 0 Å². The van der Waals surface area contributed by atoms with E-state index in [4.69, 9.17) is 4.74 Å². The van der Waals surface area contributed by atoms with E-state index in [0.717, 1.165) is 37.7 Å². The predicted molar refractivity (Wildman–Crippen MR) is 77.5 cm³/mol. The van der Waals surface area contributed by atoms with Gasteiger partial charge >= 0.3 is 0 Å². The molecule has 1 aromatic rings. The Hall–Kier alpha value is -1.26. The number of hydrogen-bond acceptors (Lipinski definition) is 4. The lowest BCUT2D eigenvalue weighted by molar-refractivity contribution is 0.261. The molecule has 0 bridgehead atoms. The molecule has 0 spiro atoms. The Bertz CT molecular complexity index is 289. The normalized spacial score (nSPS) is 11.0. The van der Waals surface area contributed by atoms with Crippen LogP contribution in [0.2, 0.25) is 0 Å². The summed E-state index contributed by atoms with van der Waals surface area (Å²) in [5, 5.41) is 3.37. The van der Waals surface area contributed by atoms with E-state index in [2.05, 4.69) is 41.3 Å². The van der Waals surface area contributed by atoms with E-state index >= 15 is 0 Å². The molecule has 4 heteroatoms. The average Bonchev–Trinajstić information content (AvgIpc) is 2.30. The van der Waals surface area contributed by atoms with Crippen LogP contribution in [0, 0.1) is 0 Å². The van der Waals surface area contributed by atoms with Gasteiger partial charge in [0.2, 0.25) is 0 Å². The largest absolute Gasteiger partial charge is 0.492 e. The van der Waals surface area contributed by atoms with Crippen LogP contribution in [0.15, 0.2) is 24.3 Å². The van der Waals surface area contributed by atoms with Gasteiger partial charge in [0.1, 0.15) is 12.4 Å². The number of rotatable bonds is 8. The highest BCUT2D eigenvalue weighted by atomic mass is 16.5. The zero-order valence-electron chi connectivity index (χ0n) is 11.9. The molecule has 0 unspecified atom stereocenters. The van der Waals surface area contributed by atoms with Gasteiger partial charge in [-0.3, -0.25) is 0 Å². The van der Waals surface area contributed by atoms with Gasteiger partial charge in [-0.2, -0.15) is 0 Å². The molecule has 1 aromatic carbocycles. The monoisotopic (exact) mass is 251 g/mol. The van der Waals surface area contributed by atoms with Crippen molar-refractivity contribution in [3.8, 4) is 5.75 Å². The number of benzene rings is 1. The van der Waals surface area contributed by atoms with E-state index in [9.17, 15) is 0 Å². The van der Waals surface area contributed by atoms with Gasteiger partial charge in [0.25, 0.3) is 0 Å². The SMILES string of the molecule is CN(C)CCNc1ccc(OCCN(C)C)cc1. The summed E-state index contributed by atoms with van der Waals surface area (Å²) in [6.45, 7) is 3.64. The standard InChI is InChI=1S/C14H25N3O/c1-16(2)10-9-15-13-5-7-14(8-6-13)18-12-11-17(3)4/h5-8,15H,9-12H2,1-4H3. The summed E-state index contributed by atoms with van der Waals surface area (Å²) in [5.41, 5.74) is 1.14. The van der Waals surface area contributed by atoms with Crippen molar-refractivity contribution >= 4 is 5.69 Å². The van der Waals surface area contributed by atoms with Crippen molar-refractivity contribution in [2.75, 3.05) is 59.7 Å². The van der Waals surface area contributed by atoms with Crippen LogP contribution in [0.1, 0.15) is 0 Å². The zero-order valence-corrected chi connectivity index (χ0v) is 11.9. The molecule has 0 heterocycles. The summed E-state index contributed by atoms with van der Waals surface area (Å²) in [7, 11) is 8.23.